The predicted molar refractivity (Wildman–Crippen MR) is 66.8 cm³/mol. The van der Waals surface area contributed by atoms with Crippen LogP contribution in [0.3, 0.4) is 0 Å². The van der Waals surface area contributed by atoms with Gasteiger partial charge in [0.1, 0.15) is 0 Å². The van der Waals surface area contributed by atoms with Gasteiger partial charge in [-0.3, -0.25) is 0 Å². The average molecular weight is 232 g/mol. The quantitative estimate of drug-likeness (QED) is 0.542. The van der Waals surface area contributed by atoms with Crippen molar-refractivity contribution in [3.05, 3.63) is 0 Å². The van der Waals surface area contributed by atoms with Gasteiger partial charge in [0.05, 0.1) is 32.0 Å². The minimum Gasteiger partial charge on any atom is -0.379 e. The fourth-order valence-electron chi connectivity index (χ4n) is 1.15. The highest BCUT2D eigenvalue weighted by atomic mass is 16.6. The van der Waals surface area contributed by atoms with Gasteiger partial charge >= 0.3 is 0 Å². The van der Waals surface area contributed by atoms with Crippen molar-refractivity contribution in [2.24, 2.45) is 5.92 Å². The van der Waals surface area contributed by atoms with Crippen LogP contribution < -0.4 is 0 Å². The third kappa shape index (κ3) is 12.0. The van der Waals surface area contributed by atoms with E-state index >= 15 is 0 Å². The molecule has 0 N–H and O–H groups in total. The maximum Gasteiger partial charge on any atom is 0.0781 e. The predicted octanol–water partition coefficient (Wildman–Crippen LogP) is 2.88. The summed E-state index contributed by atoms with van der Waals surface area (Å²) >= 11 is 0. The monoisotopic (exact) mass is 232 g/mol. The fourth-order valence-corrected chi connectivity index (χ4v) is 1.15. The lowest BCUT2D eigenvalue weighted by atomic mass is 10.1. The zero-order valence-electron chi connectivity index (χ0n) is 11.5. The molecule has 16 heavy (non-hydrogen) atoms. The highest BCUT2D eigenvalue weighted by molar-refractivity contribution is 4.49. The van der Waals surface area contributed by atoms with E-state index in [2.05, 4.69) is 13.8 Å². The smallest absolute Gasteiger partial charge is 0.0781 e. The van der Waals surface area contributed by atoms with Gasteiger partial charge in [-0.2, -0.15) is 0 Å². The molecule has 0 saturated carbocycles. The van der Waals surface area contributed by atoms with Crippen LogP contribution in [0.4, 0.5) is 0 Å². The molecule has 0 aliphatic rings. The maximum absolute atomic E-state index is 5.55. The van der Waals surface area contributed by atoms with E-state index in [9.17, 15) is 0 Å². The van der Waals surface area contributed by atoms with Crippen LogP contribution in [-0.2, 0) is 14.2 Å². The second-order valence-electron chi connectivity index (χ2n) is 4.86. The first-order chi connectivity index (χ1) is 7.52. The van der Waals surface area contributed by atoms with Crippen LogP contribution in [-0.4, -0.2) is 38.6 Å². The molecule has 3 heteroatoms. The van der Waals surface area contributed by atoms with Crippen molar-refractivity contribution in [3.63, 3.8) is 0 Å². The van der Waals surface area contributed by atoms with Crippen LogP contribution in [0.25, 0.3) is 0 Å². The molecule has 0 rings (SSSR count). The highest BCUT2D eigenvalue weighted by Gasteiger charge is 2.03. The first kappa shape index (κ1) is 15.9. The van der Waals surface area contributed by atoms with Crippen LogP contribution in [0.1, 0.15) is 41.0 Å². The molecule has 0 spiro atoms. The summed E-state index contributed by atoms with van der Waals surface area (Å²) in [5.74, 6) is 0.704. The van der Waals surface area contributed by atoms with E-state index in [-0.39, 0.29) is 12.2 Å². The van der Waals surface area contributed by atoms with E-state index in [1.54, 1.807) is 0 Å². The Balaban J connectivity index is 3.21. The standard InChI is InChI=1S/C13H28O3/c1-11(2)6-7-14-10-13(5)16-9-8-15-12(3)4/h11-13H,6-10H2,1-5H3. The molecule has 98 valence electrons. The lowest BCUT2D eigenvalue weighted by molar-refractivity contribution is -0.0398. The second-order valence-corrected chi connectivity index (χ2v) is 4.86. The number of rotatable bonds is 10. The molecule has 0 saturated heterocycles. The van der Waals surface area contributed by atoms with E-state index in [0.29, 0.717) is 25.7 Å². The topological polar surface area (TPSA) is 27.7 Å². The van der Waals surface area contributed by atoms with Crippen molar-refractivity contribution in [1.82, 2.24) is 0 Å². The van der Waals surface area contributed by atoms with E-state index in [0.717, 1.165) is 13.0 Å². The van der Waals surface area contributed by atoms with E-state index in [1.165, 1.54) is 0 Å². The average Bonchev–Trinajstić information content (AvgIpc) is 2.19. The van der Waals surface area contributed by atoms with Gasteiger partial charge in [-0.25, -0.2) is 0 Å². The molecule has 0 fully saturated rings. The Hall–Kier alpha value is -0.120. The third-order valence-corrected chi connectivity index (χ3v) is 2.13. The summed E-state index contributed by atoms with van der Waals surface area (Å²) in [6.45, 7) is 13.3. The highest BCUT2D eigenvalue weighted by Crippen LogP contribution is 2.00. The molecule has 3 nitrogen and oxygen atoms in total. The van der Waals surface area contributed by atoms with Crippen molar-refractivity contribution < 1.29 is 14.2 Å². The van der Waals surface area contributed by atoms with E-state index in [4.69, 9.17) is 14.2 Å². The lowest BCUT2D eigenvalue weighted by Crippen LogP contribution is -2.20. The summed E-state index contributed by atoms with van der Waals surface area (Å²) < 4.78 is 16.5. The Morgan fingerprint density at radius 2 is 1.44 bits per heavy atom. The lowest BCUT2D eigenvalue weighted by Gasteiger charge is -2.14. The largest absolute Gasteiger partial charge is 0.379 e. The van der Waals surface area contributed by atoms with Crippen LogP contribution in [0, 0.1) is 5.92 Å². The van der Waals surface area contributed by atoms with Gasteiger partial charge in [-0.15, -0.1) is 0 Å². The van der Waals surface area contributed by atoms with Crippen molar-refractivity contribution in [2.75, 3.05) is 26.4 Å². The summed E-state index contributed by atoms with van der Waals surface area (Å²) in [6, 6.07) is 0. The number of ether oxygens (including phenoxy) is 3. The van der Waals surface area contributed by atoms with Crippen molar-refractivity contribution in [3.8, 4) is 0 Å². The van der Waals surface area contributed by atoms with Crippen molar-refractivity contribution in [1.29, 1.82) is 0 Å². The molecule has 0 aromatic heterocycles. The zero-order valence-corrected chi connectivity index (χ0v) is 11.5. The van der Waals surface area contributed by atoms with Gasteiger partial charge in [0, 0.05) is 6.61 Å². The molecule has 0 radical (unpaired) electrons. The van der Waals surface area contributed by atoms with Crippen LogP contribution in [0.5, 0.6) is 0 Å². The molecule has 0 aliphatic carbocycles. The molecule has 0 aliphatic heterocycles. The van der Waals surface area contributed by atoms with Crippen molar-refractivity contribution in [2.45, 2.75) is 53.2 Å². The van der Waals surface area contributed by atoms with E-state index in [1.807, 2.05) is 20.8 Å². The van der Waals surface area contributed by atoms with Crippen molar-refractivity contribution >= 4 is 0 Å². The van der Waals surface area contributed by atoms with Gasteiger partial charge in [0.2, 0.25) is 0 Å². The summed E-state index contributed by atoms with van der Waals surface area (Å²) in [5.41, 5.74) is 0. The maximum atomic E-state index is 5.55. The summed E-state index contributed by atoms with van der Waals surface area (Å²) in [6.07, 6.45) is 1.55. The Labute approximate surface area is 100 Å². The minimum absolute atomic E-state index is 0.155. The summed E-state index contributed by atoms with van der Waals surface area (Å²) in [7, 11) is 0. The number of hydrogen-bond donors (Lipinski definition) is 0. The van der Waals surface area contributed by atoms with Gasteiger partial charge < -0.3 is 14.2 Å². The summed E-state index contributed by atoms with van der Waals surface area (Å²) in [4.78, 5) is 0. The minimum atomic E-state index is 0.155. The van der Waals surface area contributed by atoms with Crippen LogP contribution >= 0.6 is 0 Å². The molecule has 0 bridgehead atoms. The van der Waals surface area contributed by atoms with Gasteiger partial charge in [-0.05, 0) is 33.1 Å². The van der Waals surface area contributed by atoms with Crippen LogP contribution in [0.15, 0.2) is 0 Å². The first-order valence-corrected chi connectivity index (χ1v) is 6.33. The summed E-state index contributed by atoms with van der Waals surface area (Å²) in [5, 5.41) is 0. The second kappa shape index (κ2) is 10.1. The molecule has 1 atom stereocenters. The Kier molecular flexibility index (Phi) is 9.99. The molecule has 0 heterocycles. The SMILES string of the molecule is CC(C)CCOCC(C)OCCOC(C)C. The molecule has 0 aromatic carbocycles. The Bertz CT molecular complexity index is 130. The first-order valence-electron chi connectivity index (χ1n) is 6.33. The van der Waals surface area contributed by atoms with Crippen LogP contribution in [0.2, 0.25) is 0 Å². The molecule has 0 amide bonds. The molecule has 0 aromatic rings. The zero-order chi connectivity index (χ0) is 12.4. The van der Waals surface area contributed by atoms with Gasteiger partial charge in [0.25, 0.3) is 0 Å². The molecule has 1 unspecified atom stereocenters. The number of hydrogen-bond acceptors (Lipinski definition) is 3. The van der Waals surface area contributed by atoms with E-state index < -0.39 is 0 Å². The normalized spacial score (nSPS) is 13.7. The van der Waals surface area contributed by atoms with Gasteiger partial charge in [-0.1, -0.05) is 13.8 Å². The Morgan fingerprint density at radius 1 is 0.812 bits per heavy atom. The third-order valence-electron chi connectivity index (χ3n) is 2.13. The Morgan fingerprint density at radius 3 is 2.00 bits per heavy atom. The molecular formula is C13H28O3. The van der Waals surface area contributed by atoms with Gasteiger partial charge in [0.15, 0.2) is 0 Å². The fraction of sp³-hybridized carbons (Fsp3) is 1.00. The molecular weight excluding hydrogens is 204 g/mol.